The number of carboxylic acids is 4. The zero-order chi connectivity index (χ0) is 93.3. The smallest absolute Gasteiger partial charge is 0.326 e. The van der Waals surface area contributed by atoms with Gasteiger partial charge in [-0.1, -0.05) is 206 Å². The number of aryl methyl sites for hydroxylation is 1. The van der Waals surface area contributed by atoms with Crippen LogP contribution < -0.4 is 26.2 Å². The number of hydrogen-bond donors (Lipinski definition) is 8. The maximum Gasteiger partial charge on any atom is 0.326 e. The molecule has 19 heteroatoms. The average Bonchev–Trinajstić information content (AvgIpc) is 1.82. The van der Waals surface area contributed by atoms with Gasteiger partial charge in [0.1, 0.15) is 11.2 Å². The summed E-state index contributed by atoms with van der Waals surface area (Å²) < 4.78 is 5.83. The average molecular weight is 1800 g/mol. The number of oxazole rings is 1. The fourth-order valence-corrected chi connectivity index (χ4v) is 20.8. The van der Waals surface area contributed by atoms with Crippen molar-refractivity contribution in [2.24, 2.45) is 28.7 Å². The number of amides is 4. The summed E-state index contributed by atoms with van der Waals surface area (Å²) >= 11 is 0. The highest BCUT2D eigenvalue weighted by Gasteiger charge is 2.32. The van der Waals surface area contributed by atoms with Crippen molar-refractivity contribution in [3.05, 3.63) is 341 Å². The molecule has 13 aromatic rings. The fourth-order valence-electron chi connectivity index (χ4n) is 20.8. The molecule has 0 bridgehead atoms. The predicted octanol–water partition coefficient (Wildman–Crippen LogP) is 27.0. The third kappa shape index (κ3) is 24.1. The van der Waals surface area contributed by atoms with Gasteiger partial charge in [0.25, 0.3) is 17.8 Å². The molecule has 12 aromatic carbocycles. The van der Waals surface area contributed by atoms with Gasteiger partial charge in [-0.15, -0.1) is 0 Å². The molecule has 0 unspecified atom stereocenters. The monoisotopic (exact) mass is 1800 g/mol. The Morgan fingerprint density at radius 3 is 1.21 bits per heavy atom. The first-order chi connectivity index (χ1) is 65.7. The topological polar surface area (TPSA) is 290 Å². The van der Waals surface area contributed by atoms with E-state index in [2.05, 4.69) is 189 Å². The number of aliphatic imine (C=N–C) groups is 1. The van der Waals surface area contributed by atoms with Crippen LogP contribution in [0.3, 0.4) is 0 Å². The van der Waals surface area contributed by atoms with E-state index >= 15 is 0 Å². The summed E-state index contributed by atoms with van der Waals surface area (Å²) in [5.74, 6) is 0.442. The predicted molar refractivity (Wildman–Crippen MR) is 536 cm³/mol. The van der Waals surface area contributed by atoms with Gasteiger partial charge in [0.15, 0.2) is 5.58 Å². The van der Waals surface area contributed by atoms with Gasteiger partial charge in [-0.05, 0) is 349 Å². The van der Waals surface area contributed by atoms with Gasteiger partial charge in [0, 0.05) is 72.7 Å². The third-order valence-corrected chi connectivity index (χ3v) is 28.2. The second-order valence-electron chi connectivity index (χ2n) is 37.4. The Kier molecular flexibility index (Phi) is 29.7. The van der Waals surface area contributed by atoms with E-state index in [0.717, 1.165) is 211 Å². The summed E-state index contributed by atoms with van der Waals surface area (Å²) in [5.41, 5.74) is 28.1. The van der Waals surface area contributed by atoms with E-state index in [9.17, 15) is 33.6 Å². The maximum absolute atomic E-state index is 12.9. The van der Waals surface area contributed by atoms with Gasteiger partial charge >= 0.3 is 29.9 Å². The Bertz CT molecular complexity index is 6440. The standard InChI is InChI=1S/C30H32N2O3.C30H29NO3.C29H28N2O3.C27H26N2O3/c1-20-3-2-4-27(17-20)31-30(35)32-16-15-26-19-25(13-14-28(26)32)24-11-9-23(10-12-24)22-7-5-21(6-8-22)18-29(33)34;32-29(33)18-20-6-8-21(9-7-20)22-10-12-23(13-11-22)24-14-16-27-25(19-24)15-17-28(27)30(34)31-26-4-2-1-3-5-26;32-28(33)16-19-6-8-20(9-7-19)21-10-12-22(13-11-21)23-14-15-26-24(17-23)18-27(31-26)29(34)30-25-4-2-1-3-5-25;30-26(31)16-18-6-8-19(9-7-18)20-10-12-21(13-11-20)22-14-15-25-24(17-22)29-27(32-25)28-23-4-2-1-3-5-23/h2-4,9-14,17,19,21-22H,5-8,15-16,18H2,1H3,(H,31,35)(H,33,34);1-5,10-14,16-17,19-21H,6-9,15,18H2,(H,31,34)(H,32,33);1-5,10-15,17,19-20H,6-9,16,18H2,(H,30,34)(H,32,33);1-5,10-15,17-19H,6-9,16H2,(H,28,29)(H,30,31). The molecule has 0 spiro atoms. The molecule has 4 amide bonds. The number of nitrogens with zero attached hydrogens (tertiary/aromatic N) is 3. The van der Waals surface area contributed by atoms with E-state index in [-0.39, 0.29) is 17.8 Å². The van der Waals surface area contributed by atoms with Crippen molar-refractivity contribution in [1.82, 2.24) is 4.98 Å². The first-order valence-corrected chi connectivity index (χ1v) is 47.8. The second-order valence-corrected chi connectivity index (χ2v) is 37.4. The summed E-state index contributed by atoms with van der Waals surface area (Å²) in [7, 11) is 0. The number of urea groups is 1. The number of carboxylic acid groups (broad SMARTS) is 4. The number of aromatic nitrogens is 1. The van der Waals surface area contributed by atoms with Gasteiger partial charge in [-0.3, -0.25) is 33.7 Å². The van der Waals surface area contributed by atoms with Crippen molar-refractivity contribution in [2.75, 3.05) is 32.7 Å². The molecule has 0 radical (unpaired) electrons. The fraction of sp³-hybridized carbons (Fsp3) is 0.284. The largest absolute Gasteiger partial charge is 0.481 e. The number of carbonyl (C=O) groups is 7. The van der Waals surface area contributed by atoms with Gasteiger partial charge in [0.2, 0.25) is 0 Å². The van der Waals surface area contributed by atoms with Crippen LogP contribution in [0.15, 0.2) is 301 Å². The van der Waals surface area contributed by atoms with Crippen LogP contribution in [0.2, 0.25) is 0 Å². The molecule has 0 saturated heterocycles. The summed E-state index contributed by atoms with van der Waals surface area (Å²) in [6.07, 6.45) is 21.8. The van der Waals surface area contributed by atoms with Gasteiger partial charge in [0.05, 0.1) is 5.69 Å². The second kappa shape index (κ2) is 43.4. The Morgan fingerprint density at radius 1 is 0.370 bits per heavy atom. The number of aliphatic carboxylic acids is 4. The molecule has 4 saturated carbocycles. The van der Waals surface area contributed by atoms with E-state index in [0.29, 0.717) is 97.7 Å². The lowest BCUT2D eigenvalue weighted by atomic mass is 9.77. The van der Waals surface area contributed by atoms with E-state index in [1.807, 2.05) is 145 Å². The summed E-state index contributed by atoms with van der Waals surface area (Å²) in [6, 6.07) is 97.2. The lowest BCUT2D eigenvalue weighted by molar-refractivity contribution is -0.139. The molecule has 2 aliphatic heterocycles. The van der Waals surface area contributed by atoms with Crippen LogP contribution in [-0.2, 0) is 48.0 Å². The minimum atomic E-state index is -0.684. The van der Waals surface area contributed by atoms with Crippen LogP contribution in [0.5, 0.6) is 0 Å². The number of carbonyl (C=O) groups excluding carboxylic acids is 3. The third-order valence-electron chi connectivity index (χ3n) is 28.2. The number of benzene rings is 12. The van der Waals surface area contributed by atoms with Crippen LogP contribution in [0, 0.1) is 30.6 Å². The Labute approximate surface area is 788 Å². The molecule has 135 heavy (non-hydrogen) atoms. The molecule has 1 aromatic heterocycles. The van der Waals surface area contributed by atoms with E-state index in [4.69, 9.17) is 24.8 Å². The Balaban J connectivity index is 0.000000125. The number of anilines is 6. The highest BCUT2D eigenvalue weighted by molar-refractivity contribution is 6.45. The van der Waals surface area contributed by atoms with Crippen molar-refractivity contribution in [1.29, 1.82) is 0 Å². The molecule has 4 fully saturated rings. The first-order valence-electron chi connectivity index (χ1n) is 47.8. The summed E-state index contributed by atoms with van der Waals surface area (Å²) in [5, 5.41) is 48.2. The number of nitrogens with one attached hydrogen (secondary N) is 4. The van der Waals surface area contributed by atoms with Gasteiger partial charge in [-0.2, -0.15) is 4.98 Å². The van der Waals surface area contributed by atoms with Crippen molar-refractivity contribution in [3.8, 4) is 44.5 Å². The van der Waals surface area contributed by atoms with Crippen LogP contribution in [0.4, 0.5) is 44.9 Å². The molecular formula is C116H115N7O12. The molecule has 5 aliphatic carbocycles. The quantitative estimate of drug-likeness (QED) is 0.0296. The number of rotatable bonds is 23. The zero-order valence-electron chi connectivity index (χ0n) is 76.2. The van der Waals surface area contributed by atoms with Crippen molar-refractivity contribution < 1.29 is 58.4 Å². The lowest BCUT2D eigenvalue weighted by Crippen LogP contribution is -2.33. The van der Waals surface area contributed by atoms with Crippen molar-refractivity contribution in [2.45, 2.75) is 178 Å². The highest BCUT2D eigenvalue weighted by atomic mass is 16.4. The first kappa shape index (κ1) is 92.3. The highest BCUT2D eigenvalue weighted by Crippen LogP contribution is 2.45. The molecule has 7 aliphatic rings. The number of allylic oxidation sites excluding steroid dienone is 1. The van der Waals surface area contributed by atoms with E-state index in [1.165, 1.54) is 50.1 Å². The minimum absolute atomic E-state index is 0.0693. The SMILES string of the molecule is Cc1cccc(NC(=O)N2CCc3cc(-c4ccc(C5CCC(CC(=O)O)CC5)cc4)ccc32)c1.O=C(O)CC1CCC(c2ccc(-c3ccc4c(c3)CC(C(=O)Nc3ccccc3)=N4)cc2)CC1.O=C(O)CC1CCC(c2ccc(-c3ccc4c(c3)CC=C4C(=O)Nc3ccccc3)cc2)CC1.O=C(O)CC1CCC(c2ccc(-c3ccc4oc(Nc5ccccc5)nc4c3)cc2)CC1. The van der Waals surface area contributed by atoms with Gasteiger partial charge < -0.3 is 46.1 Å². The number of fused-ring (bicyclic) bond motifs is 4. The summed E-state index contributed by atoms with van der Waals surface area (Å²) in [6.45, 7) is 2.70. The van der Waals surface area contributed by atoms with Crippen LogP contribution >= 0.6 is 0 Å². The molecular weight excluding hydrogens is 1680 g/mol. The van der Waals surface area contributed by atoms with Crippen LogP contribution in [0.1, 0.15) is 202 Å². The maximum atomic E-state index is 12.9. The number of para-hydroxylation sites is 3. The molecule has 8 N–H and O–H groups in total. The lowest BCUT2D eigenvalue weighted by Gasteiger charge is -2.28. The molecule has 19 nitrogen and oxygen atoms in total. The molecule has 0 atom stereocenters. The molecule has 20 rings (SSSR count). The normalized spacial score (nSPS) is 19.1. The Morgan fingerprint density at radius 2 is 0.763 bits per heavy atom. The molecule has 686 valence electrons. The minimum Gasteiger partial charge on any atom is -0.481 e. The van der Waals surface area contributed by atoms with Crippen molar-refractivity contribution in [3.63, 3.8) is 0 Å². The zero-order valence-corrected chi connectivity index (χ0v) is 76.2. The van der Waals surface area contributed by atoms with E-state index < -0.39 is 23.9 Å². The van der Waals surface area contributed by atoms with Gasteiger partial charge in [-0.25, -0.2) is 9.79 Å². The Hall–Kier alpha value is -14.6. The molecule has 3 heterocycles. The number of hydrogen-bond acceptors (Lipinski definition) is 11. The van der Waals surface area contributed by atoms with Crippen molar-refractivity contribution >= 4 is 104 Å². The van der Waals surface area contributed by atoms with Crippen LogP contribution in [-0.4, -0.2) is 79.4 Å². The van der Waals surface area contributed by atoms with Crippen LogP contribution in [0.25, 0.3) is 61.2 Å². The van der Waals surface area contributed by atoms with E-state index in [1.54, 1.807) is 0 Å². The summed E-state index contributed by atoms with van der Waals surface area (Å²) in [4.78, 5) is 93.1.